The molecular weight excluding hydrogens is 352 g/mol. The Hall–Kier alpha value is -0.880. The third kappa shape index (κ3) is 3.86. The summed E-state index contributed by atoms with van der Waals surface area (Å²) < 4.78 is 3.02. The van der Waals surface area contributed by atoms with Crippen molar-refractivity contribution < 1.29 is 0 Å². The smallest absolute Gasteiger partial charge is 0.0624 e. The van der Waals surface area contributed by atoms with E-state index < -0.39 is 0 Å². The lowest BCUT2D eigenvalue weighted by atomic mass is 10.0. The van der Waals surface area contributed by atoms with Gasteiger partial charge in [0, 0.05) is 28.2 Å². The first kappa shape index (κ1) is 16.5. The minimum atomic E-state index is -0.0234. The van der Waals surface area contributed by atoms with Gasteiger partial charge in [-0.2, -0.15) is 5.10 Å². The summed E-state index contributed by atoms with van der Waals surface area (Å²) in [4.78, 5) is 0. The first-order valence-electron chi connectivity index (χ1n) is 7.05. The number of nitrogens with one attached hydrogen (secondary N) is 1. The van der Waals surface area contributed by atoms with E-state index in [1.54, 1.807) is 0 Å². The third-order valence-electron chi connectivity index (χ3n) is 3.52. The predicted molar refractivity (Wildman–Crippen MR) is 90.2 cm³/mol. The topological polar surface area (TPSA) is 55.9 Å². The largest absolute Gasteiger partial charge is 0.271 e. The monoisotopic (exact) mass is 370 g/mol. The molecule has 1 aromatic heterocycles. The molecule has 0 aliphatic carbocycles. The summed E-state index contributed by atoms with van der Waals surface area (Å²) in [6.07, 6.45) is 1.69. The maximum Gasteiger partial charge on any atom is 0.0624 e. The van der Waals surface area contributed by atoms with E-state index >= 15 is 0 Å². The average Bonchev–Trinajstić information content (AvgIpc) is 2.89. The predicted octanol–water partition coefficient (Wildman–Crippen LogP) is 3.63. The van der Waals surface area contributed by atoms with Crippen LogP contribution in [0.4, 0.5) is 0 Å². The zero-order valence-electron chi connectivity index (χ0n) is 12.2. The Labute approximate surface area is 138 Å². The van der Waals surface area contributed by atoms with Crippen LogP contribution in [0.25, 0.3) is 0 Å². The maximum atomic E-state index is 6.10. The molecule has 1 aromatic carbocycles. The molecule has 0 fully saturated rings. The third-order valence-corrected chi connectivity index (χ3v) is 4.48. The van der Waals surface area contributed by atoms with Gasteiger partial charge in [-0.25, -0.2) is 0 Å². The van der Waals surface area contributed by atoms with Gasteiger partial charge < -0.3 is 0 Å². The summed E-state index contributed by atoms with van der Waals surface area (Å²) in [7, 11) is 0. The summed E-state index contributed by atoms with van der Waals surface area (Å²) in [6, 6.07) is 7.85. The van der Waals surface area contributed by atoms with Gasteiger partial charge in [0.1, 0.15) is 0 Å². The second-order valence-electron chi connectivity index (χ2n) is 4.89. The van der Waals surface area contributed by atoms with Gasteiger partial charge in [-0.05, 0) is 43.2 Å². The van der Waals surface area contributed by atoms with E-state index in [1.807, 2.05) is 22.9 Å². The van der Waals surface area contributed by atoms with E-state index in [9.17, 15) is 0 Å². The molecule has 0 spiro atoms. The Balaban J connectivity index is 2.30. The molecule has 0 saturated carbocycles. The Kier molecular flexibility index (Phi) is 5.81. The molecule has 0 aliphatic rings. The number of hydrazine groups is 1. The molecule has 0 amide bonds. The maximum absolute atomic E-state index is 6.10. The second kappa shape index (κ2) is 7.40. The Bertz CT molecular complexity index is 612. The van der Waals surface area contributed by atoms with Gasteiger partial charge in [0.05, 0.1) is 11.7 Å². The second-order valence-corrected chi connectivity index (χ2v) is 6.18. The van der Waals surface area contributed by atoms with Crippen LogP contribution >= 0.6 is 27.5 Å². The summed E-state index contributed by atoms with van der Waals surface area (Å²) in [6.45, 7) is 5.05. The first-order valence-corrected chi connectivity index (χ1v) is 8.22. The molecule has 0 saturated heterocycles. The van der Waals surface area contributed by atoms with E-state index in [0.717, 1.165) is 35.1 Å². The highest BCUT2D eigenvalue weighted by Crippen LogP contribution is 2.28. The average molecular weight is 372 g/mol. The van der Waals surface area contributed by atoms with Crippen LogP contribution in [0.1, 0.15) is 36.8 Å². The molecule has 0 radical (unpaired) electrons. The van der Waals surface area contributed by atoms with Crippen LogP contribution < -0.4 is 11.3 Å². The van der Waals surface area contributed by atoms with Crippen molar-refractivity contribution in [1.82, 2.24) is 15.2 Å². The van der Waals surface area contributed by atoms with Gasteiger partial charge in [0.2, 0.25) is 0 Å². The molecule has 2 rings (SSSR count). The molecule has 21 heavy (non-hydrogen) atoms. The van der Waals surface area contributed by atoms with Gasteiger partial charge >= 0.3 is 0 Å². The SMILES string of the molecule is CCc1cc(CC(NN)c2cc(Cl)ccc2Br)n(CC)n1. The van der Waals surface area contributed by atoms with Crippen molar-refractivity contribution in [3.8, 4) is 0 Å². The van der Waals surface area contributed by atoms with Gasteiger partial charge in [-0.1, -0.05) is 34.5 Å². The van der Waals surface area contributed by atoms with Gasteiger partial charge in [-0.15, -0.1) is 0 Å². The highest BCUT2D eigenvalue weighted by Gasteiger charge is 2.17. The summed E-state index contributed by atoms with van der Waals surface area (Å²) in [5.41, 5.74) is 6.21. The lowest BCUT2D eigenvalue weighted by molar-refractivity contribution is 0.515. The van der Waals surface area contributed by atoms with Crippen LogP contribution in [-0.4, -0.2) is 9.78 Å². The number of nitrogens with two attached hydrogens (primary N) is 1. The molecule has 2 aromatic rings. The van der Waals surface area contributed by atoms with E-state index in [2.05, 4.69) is 46.4 Å². The Morgan fingerprint density at radius 2 is 2.14 bits per heavy atom. The van der Waals surface area contributed by atoms with Crippen LogP contribution in [0.5, 0.6) is 0 Å². The molecule has 4 nitrogen and oxygen atoms in total. The number of hydrogen-bond acceptors (Lipinski definition) is 3. The van der Waals surface area contributed by atoms with Crippen molar-refractivity contribution in [2.75, 3.05) is 0 Å². The van der Waals surface area contributed by atoms with Crippen molar-refractivity contribution in [3.63, 3.8) is 0 Å². The fourth-order valence-electron chi connectivity index (χ4n) is 2.38. The molecule has 1 heterocycles. The van der Waals surface area contributed by atoms with Crippen molar-refractivity contribution >= 4 is 27.5 Å². The van der Waals surface area contributed by atoms with Crippen LogP contribution in [0.3, 0.4) is 0 Å². The fraction of sp³-hybridized carbons (Fsp3) is 0.400. The molecule has 1 unspecified atom stereocenters. The van der Waals surface area contributed by atoms with E-state index in [-0.39, 0.29) is 6.04 Å². The molecule has 3 N–H and O–H groups in total. The van der Waals surface area contributed by atoms with E-state index in [0.29, 0.717) is 5.02 Å². The van der Waals surface area contributed by atoms with E-state index in [1.165, 1.54) is 5.69 Å². The Morgan fingerprint density at radius 3 is 2.76 bits per heavy atom. The van der Waals surface area contributed by atoms with E-state index in [4.69, 9.17) is 17.4 Å². The van der Waals surface area contributed by atoms with Gasteiger partial charge in [-0.3, -0.25) is 16.0 Å². The number of nitrogens with zero attached hydrogens (tertiary/aromatic N) is 2. The van der Waals surface area contributed by atoms with Crippen molar-refractivity contribution in [2.24, 2.45) is 5.84 Å². The van der Waals surface area contributed by atoms with Crippen LogP contribution in [0, 0.1) is 0 Å². The quantitative estimate of drug-likeness (QED) is 0.602. The summed E-state index contributed by atoms with van der Waals surface area (Å²) in [5.74, 6) is 5.76. The number of hydrogen-bond donors (Lipinski definition) is 2. The van der Waals surface area contributed by atoms with Crippen LogP contribution in [0.2, 0.25) is 5.02 Å². The number of benzene rings is 1. The highest BCUT2D eigenvalue weighted by molar-refractivity contribution is 9.10. The number of rotatable bonds is 6. The Morgan fingerprint density at radius 1 is 1.38 bits per heavy atom. The normalized spacial score (nSPS) is 12.6. The number of aromatic nitrogens is 2. The molecule has 114 valence electrons. The minimum Gasteiger partial charge on any atom is -0.271 e. The standard InChI is InChI=1S/C15H20BrClN4/c1-3-11-8-12(21(4-2)20-11)9-15(19-18)13-7-10(17)5-6-14(13)16/h5-8,15,19H,3-4,9,18H2,1-2H3. The van der Waals surface area contributed by atoms with Gasteiger partial charge in [0.25, 0.3) is 0 Å². The van der Waals surface area contributed by atoms with Crippen molar-refractivity contribution in [1.29, 1.82) is 0 Å². The molecule has 0 bridgehead atoms. The first-order chi connectivity index (χ1) is 10.1. The summed E-state index contributed by atoms with van der Waals surface area (Å²) in [5, 5.41) is 5.28. The van der Waals surface area contributed by atoms with Crippen LogP contribution in [0.15, 0.2) is 28.7 Å². The minimum absolute atomic E-state index is 0.0234. The van der Waals surface area contributed by atoms with Crippen LogP contribution in [-0.2, 0) is 19.4 Å². The zero-order valence-corrected chi connectivity index (χ0v) is 14.6. The fourth-order valence-corrected chi connectivity index (χ4v) is 3.08. The van der Waals surface area contributed by atoms with Crippen molar-refractivity contribution in [2.45, 2.75) is 39.3 Å². The molecule has 6 heteroatoms. The van der Waals surface area contributed by atoms with Gasteiger partial charge in [0.15, 0.2) is 0 Å². The lowest BCUT2D eigenvalue weighted by Crippen LogP contribution is -2.30. The lowest BCUT2D eigenvalue weighted by Gasteiger charge is -2.18. The summed E-state index contributed by atoms with van der Waals surface area (Å²) >= 11 is 9.66. The molecule has 0 aliphatic heterocycles. The number of halogens is 2. The number of aryl methyl sites for hydroxylation is 2. The molecular formula is C15H20BrClN4. The zero-order chi connectivity index (χ0) is 15.4. The molecule has 1 atom stereocenters. The van der Waals surface area contributed by atoms with Crippen molar-refractivity contribution in [3.05, 3.63) is 50.7 Å². The highest BCUT2D eigenvalue weighted by atomic mass is 79.9.